The standard InChI is InChI=1S/C25H32ClN3O6S/c1-4-12-27-25(31)18(3)28(16-19-6-8-20(26)9-7-19)24(30)17-29(36(32,33)5-2)21-10-11-22-23(15-21)35-14-13-34-22/h6-11,15,18H,4-5,12-14,16-17H2,1-3H3,(H,27,31)/t18-/m1/s1. The predicted molar refractivity (Wildman–Crippen MR) is 139 cm³/mol. The lowest BCUT2D eigenvalue weighted by atomic mass is 10.1. The zero-order valence-electron chi connectivity index (χ0n) is 20.7. The van der Waals surface area contributed by atoms with Crippen LogP contribution >= 0.6 is 11.6 Å². The number of amides is 2. The Morgan fingerprint density at radius 3 is 2.36 bits per heavy atom. The van der Waals surface area contributed by atoms with Crippen molar-refractivity contribution in [3.8, 4) is 11.5 Å². The van der Waals surface area contributed by atoms with Crippen LogP contribution in [0.4, 0.5) is 5.69 Å². The van der Waals surface area contributed by atoms with E-state index in [4.69, 9.17) is 21.1 Å². The first-order chi connectivity index (χ1) is 17.2. The van der Waals surface area contributed by atoms with Gasteiger partial charge in [-0.25, -0.2) is 8.42 Å². The number of hydrogen-bond acceptors (Lipinski definition) is 6. The van der Waals surface area contributed by atoms with Gasteiger partial charge in [0.1, 0.15) is 25.8 Å². The van der Waals surface area contributed by atoms with Crippen molar-refractivity contribution in [1.29, 1.82) is 0 Å². The number of carbonyl (C=O) groups is 2. The molecule has 1 atom stereocenters. The Morgan fingerprint density at radius 1 is 1.06 bits per heavy atom. The van der Waals surface area contributed by atoms with Crippen molar-refractivity contribution in [2.45, 2.75) is 39.8 Å². The summed E-state index contributed by atoms with van der Waals surface area (Å²) in [6.07, 6.45) is 0.746. The van der Waals surface area contributed by atoms with Gasteiger partial charge in [0.2, 0.25) is 21.8 Å². The normalized spacial score (nSPS) is 13.6. The minimum Gasteiger partial charge on any atom is -0.486 e. The van der Waals surface area contributed by atoms with E-state index in [1.807, 2.05) is 6.92 Å². The van der Waals surface area contributed by atoms with Gasteiger partial charge in [0.15, 0.2) is 11.5 Å². The van der Waals surface area contributed by atoms with E-state index >= 15 is 0 Å². The van der Waals surface area contributed by atoms with Crippen molar-refractivity contribution in [1.82, 2.24) is 10.2 Å². The Hall–Kier alpha value is -2.98. The number of nitrogens with one attached hydrogen (secondary N) is 1. The molecule has 0 bridgehead atoms. The first-order valence-corrected chi connectivity index (χ1v) is 13.9. The third-order valence-electron chi connectivity index (χ3n) is 5.78. The van der Waals surface area contributed by atoms with Crippen molar-refractivity contribution in [3.63, 3.8) is 0 Å². The Kier molecular flexibility index (Phi) is 9.44. The Bertz CT molecular complexity index is 1170. The lowest BCUT2D eigenvalue weighted by Crippen LogP contribution is -2.51. The van der Waals surface area contributed by atoms with Gasteiger partial charge in [-0.2, -0.15) is 0 Å². The first kappa shape index (κ1) is 27.6. The van der Waals surface area contributed by atoms with Crippen LogP contribution in [-0.4, -0.2) is 63.2 Å². The van der Waals surface area contributed by atoms with Crippen molar-refractivity contribution >= 4 is 39.1 Å². The van der Waals surface area contributed by atoms with Gasteiger partial charge in [-0.3, -0.25) is 13.9 Å². The van der Waals surface area contributed by atoms with Crippen LogP contribution in [0.5, 0.6) is 11.5 Å². The maximum atomic E-state index is 13.6. The fraction of sp³-hybridized carbons (Fsp3) is 0.440. The lowest BCUT2D eigenvalue weighted by molar-refractivity contribution is -0.139. The molecule has 2 amide bonds. The highest BCUT2D eigenvalue weighted by molar-refractivity contribution is 7.92. The van der Waals surface area contributed by atoms with Gasteiger partial charge in [-0.05, 0) is 50.1 Å². The molecule has 0 saturated heterocycles. The average molecular weight is 538 g/mol. The van der Waals surface area contributed by atoms with Crippen molar-refractivity contribution in [2.24, 2.45) is 0 Å². The van der Waals surface area contributed by atoms with Gasteiger partial charge in [-0.15, -0.1) is 0 Å². The molecule has 1 N–H and O–H groups in total. The van der Waals surface area contributed by atoms with Crippen molar-refractivity contribution < 1.29 is 27.5 Å². The topological polar surface area (TPSA) is 105 Å². The van der Waals surface area contributed by atoms with E-state index in [2.05, 4.69) is 5.32 Å². The number of halogens is 1. The van der Waals surface area contributed by atoms with Crippen molar-refractivity contribution in [2.75, 3.05) is 36.4 Å². The maximum absolute atomic E-state index is 13.6. The lowest BCUT2D eigenvalue weighted by Gasteiger charge is -2.32. The fourth-order valence-corrected chi connectivity index (χ4v) is 4.85. The van der Waals surface area contributed by atoms with E-state index in [1.54, 1.807) is 49.4 Å². The summed E-state index contributed by atoms with van der Waals surface area (Å²) >= 11 is 6.00. The minimum atomic E-state index is -3.84. The summed E-state index contributed by atoms with van der Waals surface area (Å²) < 4.78 is 38.3. The molecule has 1 heterocycles. The summed E-state index contributed by atoms with van der Waals surface area (Å²) in [5, 5.41) is 3.35. The van der Waals surface area contributed by atoms with Crippen LogP contribution in [0.15, 0.2) is 42.5 Å². The molecule has 9 nitrogen and oxygen atoms in total. The molecule has 1 aliphatic heterocycles. The van der Waals surface area contributed by atoms with E-state index in [9.17, 15) is 18.0 Å². The van der Waals surface area contributed by atoms with Gasteiger partial charge in [-0.1, -0.05) is 30.7 Å². The quantitative estimate of drug-likeness (QED) is 0.472. The molecular formula is C25H32ClN3O6S. The molecule has 2 aromatic rings. The van der Waals surface area contributed by atoms with Crippen LogP contribution in [0.25, 0.3) is 0 Å². The van der Waals surface area contributed by atoms with Crippen LogP contribution in [0.3, 0.4) is 0 Å². The number of benzene rings is 2. The Labute approximate surface area is 217 Å². The minimum absolute atomic E-state index is 0.109. The number of nitrogens with zero attached hydrogens (tertiary/aromatic N) is 2. The molecule has 11 heteroatoms. The highest BCUT2D eigenvalue weighted by atomic mass is 35.5. The van der Waals surface area contributed by atoms with E-state index < -0.39 is 28.5 Å². The number of fused-ring (bicyclic) bond motifs is 1. The van der Waals surface area contributed by atoms with E-state index in [0.717, 1.165) is 16.3 Å². The number of sulfonamides is 1. The van der Waals surface area contributed by atoms with E-state index in [1.165, 1.54) is 11.8 Å². The number of rotatable bonds is 11. The highest BCUT2D eigenvalue weighted by Gasteiger charge is 2.31. The number of anilines is 1. The van der Waals surface area contributed by atoms with Gasteiger partial charge in [0, 0.05) is 24.2 Å². The largest absolute Gasteiger partial charge is 0.486 e. The van der Waals surface area contributed by atoms with Gasteiger partial charge in [0.25, 0.3) is 0 Å². The summed E-state index contributed by atoms with van der Waals surface area (Å²) in [6.45, 7) is 5.92. The van der Waals surface area contributed by atoms with Crippen LogP contribution in [0, 0.1) is 0 Å². The van der Waals surface area contributed by atoms with Gasteiger partial charge >= 0.3 is 0 Å². The number of ether oxygens (including phenoxy) is 2. The zero-order chi connectivity index (χ0) is 26.3. The van der Waals surface area contributed by atoms with Crippen molar-refractivity contribution in [3.05, 3.63) is 53.1 Å². The van der Waals surface area contributed by atoms with Gasteiger partial charge < -0.3 is 19.7 Å². The molecule has 1 aliphatic rings. The molecule has 0 fully saturated rings. The summed E-state index contributed by atoms with van der Waals surface area (Å²) in [4.78, 5) is 27.8. The monoisotopic (exact) mass is 537 g/mol. The van der Waals surface area contributed by atoms with E-state index in [-0.39, 0.29) is 23.9 Å². The molecule has 0 aromatic heterocycles. The molecule has 0 aliphatic carbocycles. The predicted octanol–water partition coefficient (Wildman–Crippen LogP) is 3.21. The first-order valence-electron chi connectivity index (χ1n) is 11.9. The third-order valence-corrected chi connectivity index (χ3v) is 7.77. The molecule has 3 rings (SSSR count). The summed E-state index contributed by atoms with van der Waals surface area (Å²) in [7, 11) is -3.84. The highest BCUT2D eigenvalue weighted by Crippen LogP contribution is 2.35. The molecular weight excluding hydrogens is 506 g/mol. The second kappa shape index (κ2) is 12.3. The molecule has 0 radical (unpaired) electrons. The second-order valence-electron chi connectivity index (χ2n) is 8.35. The maximum Gasteiger partial charge on any atom is 0.244 e. The molecule has 36 heavy (non-hydrogen) atoms. The SMILES string of the molecule is CCCNC(=O)[C@@H](C)N(Cc1ccc(Cl)cc1)C(=O)CN(c1ccc2c(c1)OCCO2)S(=O)(=O)CC. The second-order valence-corrected chi connectivity index (χ2v) is 11.0. The Morgan fingerprint density at radius 2 is 1.72 bits per heavy atom. The Balaban J connectivity index is 1.93. The molecule has 2 aromatic carbocycles. The molecule has 0 spiro atoms. The van der Waals surface area contributed by atoms with Crippen LogP contribution in [-0.2, 0) is 26.2 Å². The molecule has 0 saturated carbocycles. The molecule has 0 unspecified atom stereocenters. The van der Waals surface area contributed by atoms with Crippen LogP contribution < -0.4 is 19.1 Å². The number of carbonyl (C=O) groups excluding carboxylic acids is 2. The zero-order valence-corrected chi connectivity index (χ0v) is 22.3. The third kappa shape index (κ3) is 6.82. The number of hydrogen-bond donors (Lipinski definition) is 1. The summed E-state index contributed by atoms with van der Waals surface area (Å²) in [5.41, 5.74) is 1.04. The summed E-state index contributed by atoms with van der Waals surface area (Å²) in [5.74, 6) is -0.124. The summed E-state index contributed by atoms with van der Waals surface area (Å²) in [6, 6.07) is 10.9. The van der Waals surface area contributed by atoms with Crippen LogP contribution in [0.2, 0.25) is 5.02 Å². The van der Waals surface area contributed by atoms with E-state index in [0.29, 0.717) is 36.3 Å². The molecule has 196 valence electrons. The fourth-order valence-electron chi connectivity index (χ4n) is 3.67. The van der Waals surface area contributed by atoms with Gasteiger partial charge in [0.05, 0.1) is 11.4 Å². The average Bonchev–Trinajstić information content (AvgIpc) is 2.89. The van der Waals surface area contributed by atoms with Crippen LogP contribution in [0.1, 0.15) is 32.8 Å². The smallest absolute Gasteiger partial charge is 0.244 e.